The Morgan fingerprint density at radius 2 is 2.17 bits per heavy atom. The lowest BCUT2D eigenvalue weighted by atomic mass is 9.86. The molecule has 1 aliphatic rings. The van der Waals surface area contributed by atoms with Crippen LogP contribution in [0.5, 0.6) is 0 Å². The molecule has 0 aromatic rings. The van der Waals surface area contributed by atoms with Crippen LogP contribution in [-0.4, -0.2) is 55.2 Å². The lowest BCUT2D eigenvalue weighted by molar-refractivity contribution is -0.130. The highest BCUT2D eigenvalue weighted by Crippen LogP contribution is 2.24. The highest BCUT2D eigenvalue weighted by Gasteiger charge is 2.40. The number of carbonyl (C=O) groups excluding carboxylic acids is 1. The van der Waals surface area contributed by atoms with Crippen LogP contribution in [0.3, 0.4) is 0 Å². The molecule has 1 amide bonds. The number of hydrogen-bond donors (Lipinski definition) is 2. The third-order valence-electron chi connectivity index (χ3n) is 3.82. The summed E-state index contributed by atoms with van der Waals surface area (Å²) < 4.78 is 5.49. The van der Waals surface area contributed by atoms with Gasteiger partial charge in [0.05, 0.1) is 6.10 Å². The van der Waals surface area contributed by atoms with Gasteiger partial charge in [-0.1, -0.05) is 13.8 Å². The van der Waals surface area contributed by atoms with E-state index in [1.54, 1.807) is 0 Å². The fourth-order valence-corrected chi connectivity index (χ4v) is 2.55. The second kappa shape index (κ2) is 7.07. The molecule has 1 rings (SSSR count). The lowest BCUT2D eigenvalue weighted by Gasteiger charge is -2.38. The van der Waals surface area contributed by atoms with E-state index >= 15 is 0 Å². The first kappa shape index (κ1) is 15.4. The molecule has 5 heteroatoms. The van der Waals surface area contributed by atoms with Crippen LogP contribution < -0.4 is 11.1 Å². The van der Waals surface area contributed by atoms with Gasteiger partial charge in [-0.05, 0) is 26.4 Å². The zero-order valence-corrected chi connectivity index (χ0v) is 11.9. The highest BCUT2D eigenvalue weighted by atomic mass is 16.5. The molecule has 0 spiro atoms. The average Bonchev–Trinajstić information content (AvgIpc) is 2.34. The van der Waals surface area contributed by atoms with E-state index < -0.39 is 5.54 Å². The molecule has 0 bridgehead atoms. The smallest absolute Gasteiger partial charge is 0.237 e. The number of carbonyl (C=O) groups is 1. The summed E-state index contributed by atoms with van der Waals surface area (Å²) in [5, 5.41) is 3.37. The summed E-state index contributed by atoms with van der Waals surface area (Å²) in [6, 6.07) is 0. The minimum absolute atomic E-state index is 0.0900. The van der Waals surface area contributed by atoms with Gasteiger partial charge in [0.1, 0.15) is 5.54 Å². The first-order valence-electron chi connectivity index (χ1n) is 6.93. The maximum atomic E-state index is 11.7. The van der Waals surface area contributed by atoms with E-state index in [1.165, 1.54) is 0 Å². The van der Waals surface area contributed by atoms with Crippen molar-refractivity contribution in [2.45, 2.75) is 45.3 Å². The molecule has 0 aromatic heterocycles. The molecule has 0 radical (unpaired) electrons. The summed E-state index contributed by atoms with van der Waals surface area (Å²) in [6.45, 7) is 10.7. The maximum Gasteiger partial charge on any atom is 0.237 e. The van der Waals surface area contributed by atoms with Crippen LogP contribution in [0.4, 0.5) is 0 Å². The quantitative estimate of drug-likeness (QED) is 0.690. The van der Waals surface area contributed by atoms with Crippen molar-refractivity contribution in [1.29, 1.82) is 0 Å². The standard InChI is InChI=1S/C13H27N3O2/c1-4-16(5-2)8-7-15-13(12(14)17)6-9-18-11(3)10-13/h11,15H,4-10H2,1-3H3,(H2,14,17). The summed E-state index contributed by atoms with van der Waals surface area (Å²) in [5.41, 5.74) is 5.00. The molecular weight excluding hydrogens is 230 g/mol. The van der Waals surface area contributed by atoms with Gasteiger partial charge < -0.3 is 20.7 Å². The molecule has 3 N–H and O–H groups in total. The molecule has 18 heavy (non-hydrogen) atoms. The number of nitrogens with one attached hydrogen (secondary N) is 1. The van der Waals surface area contributed by atoms with E-state index in [9.17, 15) is 4.79 Å². The molecule has 0 aliphatic carbocycles. The van der Waals surface area contributed by atoms with Crippen molar-refractivity contribution in [3.63, 3.8) is 0 Å². The van der Waals surface area contributed by atoms with Gasteiger partial charge in [0, 0.05) is 26.1 Å². The second-order valence-electron chi connectivity index (χ2n) is 5.04. The Morgan fingerprint density at radius 1 is 1.50 bits per heavy atom. The number of primary amides is 1. The van der Waals surface area contributed by atoms with Crippen molar-refractivity contribution in [3.8, 4) is 0 Å². The van der Waals surface area contributed by atoms with Crippen molar-refractivity contribution in [2.24, 2.45) is 5.73 Å². The molecule has 2 atom stereocenters. The highest BCUT2D eigenvalue weighted by molar-refractivity contribution is 5.84. The Hall–Kier alpha value is -0.650. The van der Waals surface area contributed by atoms with Gasteiger partial charge >= 0.3 is 0 Å². The molecule has 1 saturated heterocycles. The van der Waals surface area contributed by atoms with Crippen LogP contribution in [0.2, 0.25) is 0 Å². The minimum atomic E-state index is -0.579. The number of nitrogens with two attached hydrogens (primary N) is 1. The predicted octanol–water partition coefficient (Wildman–Crippen LogP) is 0.341. The molecule has 5 nitrogen and oxygen atoms in total. The fourth-order valence-electron chi connectivity index (χ4n) is 2.55. The van der Waals surface area contributed by atoms with Crippen LogP contribution in [0.25, 0.3) is 0 Å². The monoisotopic (exact) mass is 257 g/mol. The number of nitrogens with zero attached hydrogens (tertiary/aromatic N) is 1. The van der Waals surface area contributed by atoms with Crippen molar-refractivity contribution in [1.82, 2.24) is 10.2 Å². The van der Waals surface area contributed by atoms with E-state index in [-0.39, 0.29) is 12.0 Å². The van der Waals surface area contributed by atoms with Gasteiger partial charge in [0.25, 0.3) is 0 Å². The van der Waals surface area contributed by atoms with Crippen molar-refractivity contribution < 1.29 is 9.53 Å². The van der Waals surface area contributed by atoms with Gasteiger partial charge in [-0.3, -0.25) is 4.79 Å². The molecule has 106 valence electrons. The first-order valence-corrected chi connectivity index (χ1v) is 6.93. The summed E-state index contributed by atoms with van der Waals surface area (Å²) in [6.07, 6.45) is 1.43. The third-order valence-corrected chi connectivity index (χ3v) is 3.82. The molecular formula is C13H27N3O2. The molecule has 1 heterocycles. The largest absolute Gasteiger partial charge is 0.378 e. The zero-order chi connectivity index (χ0) is 13.6. The normalized spacial score (nSPS) is 28.6. The number of hydrogen-bond acceptors (Lipinski definition) is 4. The second-order valence-corrected chi connectivity index (χ2v) is 5.04. The zero-order valence-electron chi connectivity index (χ0n) is 11.9. The molecule has 0 aromatic carbocycles. The number of ether oxygens (including phenoxy) is 1. The number of amides is 1. The van der Waals surface area contributed by atoms with Crippen LogP contribution in [0.15, 0.2) is 0 Å². The van der Waals surface area contributed by atoms with Gasteiger partial charge in [-0.2, -0.15) is 0 Å². The van der Waals surface area contributed by atoms with Gasteiger partial charge in [0.15, 0.2) is 0 Å². The molecule has 0 saturated carbocycles. The van der Waals surface area contributed by atoms with Gasteiger partial charge in [-0.25, -0.2) is 0 Å². The fraction of sp³-hybridized carbons (Fsp3) is 0.923. The maximum absolute atomic E-state index is 11.7. The van der Waals surface area contributed by atoms with E-state index in [4.69, 9.17) is 10.5 Å². The van der Waals surface area contributed by atoms with Gasteiger partial charge in [-0.15, -0.1) is 0 Å². The number of rotatable bonds is 7. The SMILES string of the molecule is CCN(CC)CCNC1(C(N)=O)CCOC(C)C1. The van der Waals surface area contributed by atoms with E-state index in [2.05, 4.69) is 24.1 Å². The topological polar surface area (TPSA) is 67.6 Å². The van der Waals surface area contributed by atoms with E-state index in [0.717, 1.165) is 26.2 Å². The number of likely N-dealkylation sites (N-methyl/N-ethyl adjacent to an activating group) is 1. The molecule has 2 unspecified atom stereocenters. The van der Waals surface area contributed by atoms with Crippen molar-refractivity contribution in [3.05, 3.63) is 0 Å². The van der Waals surface area contributed by atoms with Crippen molar-refractivity contribution in [2.75, 3.05) is 32.8 Å². The van der Waals surface area contributed by atoms with E-state index in [1.807, 2.05) is 6.92 Å². The van der Waals surface area contributed by atoms with Crippen LogP contribution in [0.1, 0.15) is 33.6 Å². The Kier molecular flexibility index (Phi) is 6.05. The lowest BCUT2D eigenvalue weighted by Crippen LogP contribution is -2.60. The van der Waals surface area contributed by atoms with Gasteiger partial charge in [0.2, 0.25) is 5.91 Å². The van der Waals surface area contributed by atoms with Crippen LogP contribution >= 0.6 is 0 Å². The van der Waals surface area contributed by atoms with E-state index in [0.29, 0.717) is 19.4 Å². The summed E-state index contributed by atoms with van der Waals surface area (Å²) in [4.78, 5) is 14.1. The predicted molar refractivity (Wildman–Crippen MR) is 72.4 cm³/mol. The first-order chi connectivity index (χ1) is 8.54. The summed E-state index contributed by atoms with van der Waals surface area (Å²) >= 11 is 0. The van der Waals surface area contributed by atoms with Crippen LogP contribution in [-0.2, 0) is 9.53 Å². The molecule has 1 aliphatic heterocycles. The Morgan fingerprint density at radius 3 is 2.67 bits per heavy atom. The molecule has 1 fully saturated rings. The average molecular weight is 257 g/mol. The Labute approximate surface area is 110 Å². The van der Waals surface area contributed by atoms with Crippen molar-refractivity contribution >= 4 is 5.91 Å². The Bertz CT molecular complexity index is 269. The summed E-state index contributed by atoms with van der Waals surface area (Å²) in [5.74, 6) is -0.253. The minimum Gasteiger partial charge on any atom is -0.378 e. The summed E-state index contributed by atoms with van der Waals surface area (Å²) in [7, 11) is 0. The third kappa shape index (κ3) is 3.93. The Balaban J connectivity index is 2.50. The van der Waals surface area contributed by atoms with Crippen LogP contribution in [0, 0.1) is 0 Å².